The van der Waals surface area contributed by atoms with Gasteiger partial charge in [0.25, 0.3) is 11.5 Å². The van der Waals surface area contributed by atoms with Gasteiger partial charge in [0.2, 0.25) is 0 Å². The van der Waals surface area contributed by atoms with Crippen molar-refractivity contribution in [2.75, 3.05) is 0 Å². The fourth-order valence-electron chi connectivity index (χ4n) is 3.45. The second-order valence-corrected chi connectivity index (χ2v) is 7.50. The quantitative estimate of drug-likeness (QED) is 0.563. The molecule has 0 aliphatic carbocycles. The molecule has 33 heavy (non-hydrogen) atoms. The molecule has 0 aliphatic rings. The molecule has 0 fully saturated rings. The van der Waals surface area contributed by atoms with Crippen LogP contribution in [0.1, 0.15) is 34.5 Å². The lowest BCUT2D eigenvalue weighted by molar-refractivity contribution is -0.139. The predicted molar refractivity (Wildman–Crippen MR) is 115 cm³/mol. The van der Waals surface area contributed by atoms with E-state index in [-0.39, 0.29) is 6.42 Å². The van der Waals surface area contributed by atoms with Gasteiger partial charge in [-0.15, -0.1) is 0 Å². The number of hydrogen-bond donors (Lipinski definition) is 2. The lowest BCUT2D eigenvalue weighted by Crippen LogP contribution is -2.43. The Balaban J connectivity index is 1.87. The van der Waals surface area contributed by atoms with Gasteiger partial charge >= 0.3 is 11.7 Å². The van der Waals surface area contributed by atoms with Gasteiger partial charge in [-0.25, -0.2) is 18.4 Å². The SMILES string of the molecule is CC(c1cccc(CC(NC(=O)c2c(F)cccc2F)C(=O)O)c1)n1c(=O)ccn(C)c1=O. The van der Waals surface area contributed by atoms with Gasteiger partial charge in [0, 0.05) is 25.7 Å². The molecule has 0 saturated carbocycles. The van der Waals surface area contributed by atoms with E-state index in [9.17, 15) is 33.1 Å². The van der Waals surface area contributed by atoms with Gasteiger partial charge in [0.15, 0.2) is 0 Å². The first kappa shape index (κ1) is 23.6. The number of halogens is 2. The van der Waals surface area contributed by atoms with Crippen LogP contribution in [-0.4, -0.2) is 32.2 Å². The third kappa shape index (κ3) is 5.05. The first-order valence-corrected chi connectivity index (χ1v) is 9.95. The van der Waals surface area contributed by atoms with Crippen LogP contribution in [0.15, 0.2) is 64.3 Å². The highest BCUT2D eigenvalue weighted by Crippen LogP contribution is 2.18. The number of amides is 1. The number of carboxylic acids is 1. The number of carbonyl (C=O) groups is 2. The normalized spacial score (nSPS) is 12.7. The summed E-state index contributed by atoms with van der Waals surface area (Å²) in [5, 5.41) is 11.7. The van der Waals surface area contributed by atoms with E-state index in [2.05, 4.69) is 5.32 Å². The minimum Gasteiger partial charge on any atom is -0.480 e. The first-order chi connectivity index (χ1) is 15.6. The molecule has 1 aromatic heterocycles. The maximum atomic E-state index is 13.9. The first-order valence-electron chi connectivity index (χ1n) is 9.95. The Bertz CT molecular complexity index is 1310. The zero-order valence-electron chi connectivity index (χ0n) is 17.8. The van der Waals surface area contributed by atoms with E-state index >= 15 is 0 Å². The largest absolute Gasteiger partial charge is 0.480 e. The standard InChI is InChI=1S/C23H21F2N3O5/c1-13(28-19(29)9-10-27(2)23(28)33)15-6-3-5-14(11-15)12-18(22(31)32)26-21(30)20-16(24)7-4-8-17(20)25/h3-11,13,18H,12H2,1-2H3,(H,26,30)(H,31,32). The van der Waals surface area contributed by atoms with Gasteiger partial charge in [-0.3, -0.25) is 14.2 Å². The maximum Gasteiger partial charge on any atom is 0.331 e. The molecule has 2 N–H and O–H groups in total. The molecule has 3 aromatic rings. The summed E-state index contributed by atoms with van der Waals surface area (Å²) in [5.74, 6) is -4.81. The molecular weight excluding hydrogens is 436 g/mol. The Morgan fingerprint density at radius 1 is 1.06 bits per heavy atom. The summed E-state index contributed by atoms with van der Waals surface area (Å²) in [5.41, 5.74) is -0.831. The second kappa shape index (κ2) is 9.60. The molecule has 2 aromatic carbocycles. The number of nitrogens with one attached hydrogen (secondary N) is 1. The van der Waals surface area contributed by atoms with Crippen molar-refractivity contribution >= 4 is 11.9 Å². The fourth-order valence-corrected chi connectivity index (χ4v) is 3.45. The molecule has 8 nitrogen and oxygen atoms in total. The number of rotatable bonds is 7. The molecular formula is C23H21F2N3O5. The van der Waals surface area contributed by atoms with Crippen LogP contribution in [0.5, 0.6) is 0 Å². The van der Waals surface area contributed by atoms with Crippen LogP contribution in [-0.2, 0) is 18.3 Å². The van der Waals surface area contributed by atoms with E-state index in [1.165, 1.54) is 23.9 Å². The molecule has 2 unspecified atom stereocenters. The lowest BCUT2D eigenvalue weighted by Gasteiger charge is -2.18. The van der Waals surface area contributed by atoms with Crippen molar-refractivity contribution in [2.24, 2.45) is 7.05 Å². The van der Waals surface area contributed by atoms with Crippen LogP contribution < -0.4 is 16.6 Å². The third-order valence-electron chi connectivity index (χ3n) is 5.24. The van der Waals surface area contributed by atoms with Crippen LogP contribution in [0.2, 0.25) is 0 Å². The molecule has 0 bridgehead atoms. The second-order valence-electron chi connectivity index (χ2n) is 7.50. The molecule has 0 radical (unpaired) electrons. The number of benzene rings is 2. The van der Waals surface area contributed by atoms with Crippen LogP contribution in [0.3, 0.4) is 0 Å². The Kier molecular flexibility index (Phi) is 6.86. The summed E-state index contributed by atoms with van der Waals surface area (Å²) in [7, 11) is 1.51. The summed E-state index contributed by atoms with van der Waals surface area (Å²) < 4.78 is 30.1. The molecule has 2 atom stereocenters. The monoisotopic (exact) mass is 457 g/mol. The summed E-state index contributed by atoms with van der Waals surface area (Å²) >= 11 is 0. The van der Waals surface area contributed by atoms with Crippen molar-refractivity contribution in [3.05, 3.63) is 104 Å². The molecule has 3 rings (SSSR count). The van der Waals surface area contributed by atoms with Crippen molar-refractivity contribution in [2.45, 2.75) is 25.4 Å². The molecule has 0 spiro atoms. The zero-order valence-corrected chi connectivity index (χ0v) is 17.8. The summed E-state index contributed by atoms with van der Waals surface area (Å²) in [6, 6.07) is 8.53. The molecule has 172 valence electrons. The zero-order chi connectivity index (χ0) is 24.3. The molecule has 1 amide bonds. The van der Waals surface area contributed by atoms with Crippen LogP contribution >= 0.6 is 0 Å². The highest BCUT2D eigenvalue weighted by Gasteiger charge is 2.25. The van der Waals surface area contributed by atoms with Gasteiger partial charge in [0.05, 0.1) is 6.04 Å². The Morgan fingerprint density at radius 2 is 1.70 bits per heavy atom. The van der Waals surface area contributed by atoms with Gasteiger partial charge in [-0.2, -0.15) is 0 Å². The van der Waals surface area contributed by atoms with Crippen molar-refractivity contribution < 1.29 is 23.5 Å². The molecule has 10 heteroatoms. The Labute approximate surface area is 186 Å². The molecule has 0 saturated heterocycles. The minimum atomic E-state index is -1.48. The summed E-state index contributed by atoms with van der Waals surface area (Å²) in [6.45, 7) is 1.65. The minimum absolute atomic E-state index is 0.195. The van der Waals surface area contributed by atoms with E-state index in [0.717, 1.165) is 22.8 Å². The number of aryl methyl sites for hydroxylation is 1. The van der Waals surface area contributed by atoms with Crippen molar-refractivity contribution in [3.63, 3.8) is 0 Å². The van der Waals surface area contributed by atoms with Gasteiger partial charge < -0.3 is 15.0 Å². The van der Waals surface area contributed by atoms with E-state index < -0.39 is 52.4 Å². The highest BCUT2D eigenvalue weighted by atomic mass is 19.1. The Morgan fingerprint density at radius 3 is 2.33 bits per heavy atom. The number of aromatic nitrogens is 2. The number of carboxylic acid groups (broad SMARTS) is 1. The van der Waals surface area contributed by atoms with Crippen molar-refractivity contribution in [1.29, 1.82) is 0 Å². The van der Waals surface area contributed by atoms with E-state index in [1.54, 1.807) is 31.2 Å². The molecule has 1 heterocycles. The van der Waals surface area contributed by atoms with Gasteiger partial charge in [-0.05, 0) is 30.2 Å². The van der Waals surface area contributed by atoms with Crippen LogP contribution in [0.25, 0.3) is 0 Å². The lowest BCUT2D eigenvalue weighted by atomic mass is 10.00. The summed E-state index contributed by atoms with van der Waals surface area (Å²) in [6.07, 6.45) is 1.17. The van der Waals surface area contributed by atoms with E-state index in [1.807, 2.05) is 0 Å². The van der Waals surface area contributed by atoms with Crippen molar-refractivity contribution in [1.82, 2.24) is 14.5 Å². The average molecular weight is 457 g/mol. The number of aliphatic carboxylic acids is 1. The fraction of sp³-hybridized carbons (Fsp3) is 0.217. The van der Waals surface area contributed by atoms with Crippen LogP contribution in [0.4, 0.5) is 8.78 Å². The summed E-state index contributed by atoms with van der Waals surface area (Å²) in [4.78, 5) is 48.7. The number of nitrogens with zero attached hydrogens (tertiary/aromatic N) is 2. The number of hydrogen-bond acceptors (Lipinski definition) is 4. The maximum absolute atomic E-state index is 13.9. The van der Waals surface area contributed by atoms with E-state index in [4.69, 9.17) is 0 Å². The van der Waals surface area contributed by atoms with E-state index in [0.29, 0.717) is 11.1 Å². The topological polar surface area (TPSA) is 110 Å². The van der Waals surface area contributed by atoms with Gasteiger partial charge in [-0.1, -0.05) is 30.3 Å². The van der Waals surface area contributed by atoms with Crippen molar-refractivity contribution in [3.8, 4) is 0 Å². The number of carbonyl (C=O) groups excluding carboxylic acids is 1. The van der Waals surface area contributed by atoms with Crippen LogP contribution in [0, 0.1) is 11.6 Å². The third-order valence-corrected chi connectivity index (χ3v) is 5.24. The smallest absolute Gasteiger partial charge is 0.331 e. The Hall–Kier alpha value is -4.08. The predicted octanol–water partition coefficient (Wildman–Crippen LogP) is 1.86. The average Bonchev–Trinajstić information content (AvgIpc) is 2.76. The van der Waals surface area contributed by atoms with Gasteiger partial charge in [0.1, 0.15) is 23.2 Å². The highest BCUT2D eigenvalue weighted by molar-refractivity contribution is 5.97. The molecule has 0 aliphatic heterocycles.